The van der Waals surface area contributed by atoms with Crippen molar-refractivity contribution in [3.63, 3.8) is 0 Å². The third-order valence-corrected chi connectivity index (χ3v) is 4.13. The second-order valence-electron chi connectivity index (χ2n) is 5.41. The molecule has 0 bridgehead atoms. The minimum absolute atomic E-state index is 0.119. The molecular weight excluding hydrogens is 310 g/mol. The van der Waals surface area contributed by atoms with Crippen molar-refractivity contribution in [2.45, 2.75) is 38.8 Å². The van der Waals surface area contributed by atoms with Crippen LogP contribution in [0.2, 0.25) is 0 Å². The molecule has 0 saturated heterocycles. The molecule has 23 heavy (non-hydrogen) atoms. The molecule has 2 rings (SSSR count). The molecule has 1 aromatic heterocycles. The Hall–Kier alpha value is -1.82. The molecule has 2 aromatic rings. The minimum Gasteiger partial charge on any atom is -0.411 e. The summed E-state index contributed by atoms with van der Waals surface area (Å²) in [5, 5.41) is 8.51. The fourth-order valence-electron chi connectivity index (χ4n) is 2.28. The van der Waals surface area contributed by atoms with Crippen LogP contribution >= 0.6 is 11.8 Å². The van der Waals surface area contributed by atoms with Crippen LogP contribution in [0.3, 0.4) is 0 Å². The first-order chi connectivity index (χ1) is 11.1. The number of rotatable bonds is 8. The van der Waals surface area contributed by atoms with Gasteiger partial charge in [0.05, 0.1) is 5.75 Å². The van der Waals surface area contributed by atoms with E-state index < -0.39 is 0 Å². The molecule has 0 fully saturated rings. The van der Waals surface area contributed by atoms with E-state index in [2.05, 4.69) is 24.0 Å². The van der Waals surface area contributed by atoms with E-state index in [0.717, 1.165) is 37.1 Å². The second-order valence-corrected chi connectivity index (χ2v) is 6.34. The highest BCUT2D eigenvalue weighted by atomic mass is 32.2. The van der Waals surface area contributed by atoms with Crippen molar-refractivity contribution in [3.8, 4) is 11.5 Å². The molecule has 5 nitrogen and oxygen atoms in total. The lowest BCUT2D eigenvalue weighted by Gasteiger charge is -2.20. The minimum atomic E-state index is 0.119. The van der Waals surface area contributed by atoms with Crippen molar-refractivity contribution in [1.29, 1.82) is 0 Å². The van der Waals surface area contributed by atoms with Crippen molar-refractivity contribution in [2.24, 2.45) is 0 Å². The van der Waals surface area contributed by atoms with Gasteiger partial charge in [-0.2, -0.15) is 0 Å². The highest BCUT2D eigenvalue weighted by Gasteiger charge is 2.15. The first-order valence-corrected chi connectivity index (χ1v) is 8.93. The molecule has 1 amide bonds. The van der Waals surface area contributed by atoms with E-state index >= 15 is 0 Å². The maximum Gasteiger partial charge on any atom is 0.277 e. The van der Waals surface area contributed by atoms with E-state index in [-0.39, 0.29) is 5.91 Å². The number of carbonyl (C=O) groups excluding carboxylic acids is 1. The van der Waals surface area contributed by atoms with Gasteiger partial charge in [-0.25, -0.2) is 0 Å². The first kappa shape index (κ1) is 17.5. The normalized spacial score (nSPS) is 10.7. The van der Waals surface area contributed by atoms with Gasteiger partial charge in [-0.1, -0.05) is 43.3 Å². The monoisotopic (exact) mass is 333 g/mol. The number of thioether (sulfide) groups is 1. The Kier molecular flexibility index (Phi) is 6.65. The summed E-state index contributed by atoms with van der Waals surface area (Å²) in [6, 6.07) is 7.91. The molecule has 124 valence electrons. The van der Waals surface area contributed by atoms with Crippen LogP contribution in [-0.2, 0) is 4.79 Å². The van der Waals surface area contributed by atoms with Gasteiger partial charge < -0.3 is 9.32 Å². The predicted molar refractivity (Wildman–Crippen MR) is 92.4 cm³/mol. The SMILES string of the molecule is CCCN(CCC)C(=O)CSc1nnc(-c2cccc(C)c2)o1. The van der Waals surface area contributed by atoms with Crippen molar-refractivity contribution >= 4 is 17.7 Å². The topological polar surface area (TPSA) is 59.2 Å². The Bertz CT molecular complexity index is 636. The van der Waals surface area contributed by atoms with Gasteiger partial charge in [0, 0.05) is 18.7 Å². The molecule has 0 aliphatic carbocycles. The summed E-state index contributed by atoms with van der Waals surface area (Å²) in [4.78, 5) is 14.1. The third-order valence-electron chi connectivity index (χ3n) is 3.33. The third kappa shape index (κ3) is 5.10. The van der Waals surface area contributed by atoms with Gasteiger partial charge in [-0.3, -0.25) is 4.79 Å². The van der Waals surface area contributed by atoms with Crippen LogP contribution < -0.4 is 0 Å². The molecule has 0 spiro atoms. The van der Waals surface area contributed by atoms with Crippen LogP contribution in [0.15, 0.2) is 33.9 Å². The summed E-state index contributed by atoms with van der Waals surface area (Å²) in [7, 11) is 0. The molecule has 0 radical (unpaired) electrons. The van der Waals surface area contributed by atoms with Gasteiger partial charge in [-0.05, 0) is 31.9 Å². The lowest BCUT2D eigenvalue weighted by Crippen LogP contribution is -2.33. The predicted octanol–water partition coefficient (Wildman–Crippen LogP) is 3.79. The van der Waals surface area contributed by atoms with Crippen molar-refractivity contribution in [3.05, 3.63) is 29.8 Å². The molecule has 6 heteroatoms. The van der Waals surface area contributed by atoms with Crippen molar-refractivity contribution < 1.29 is 9.21 Å². The maximum absolute atomic E-state index is 12.2. The molecule has 0 atom stereocenters. The van der Waals surface area contributed by atoms with Crippen LogP contribution in [0.1, 0.15) is 32.3 Å². The Morgan fingerprint density at radius 2 is 1.96 bits per heavy atom. The smallest absolute Gasteiger partial charge is 0.277 e. The molecular formula is C17H23N3O2S. The number of hydrogen-bond donors (Lipinski definition) is 0. The number of aryl methyl sites for hydroxylation is 1. The van der Waals surface area contributed by atoms with Crippen LogP contribution in [-0.4, -0.2) is 39.8 Å². The van der Waals surface area contributed by atoms with Gasteiger partial charge in [0.1, 0.15) is 0 Å². The molecule has 1 aromatic carbocycles. The van der Waals surface area contributed by atoms with E-state index in [4.69, 9.17) is 4.42 Å². The van der Waals surface area contributed by atoms with Crippen LogP contribution in [0.25, 0.3) is 11.5 Å². The molecule has 0 unspecified atom stereocenters. The van der Waals surface area contributed by atoms with Crippen LogP contribution in [0.5, 0.6) is 0 Å². The first-order valence-electron chi connectivity index (χ1n) is 7.95. The lowest BCUT2D eigenvalue weighted by molar-refractivity contribution is -0.128. The molecule has 0 N–H and O–H groups in total. The summed E-state index contributed by atoms with van der Waals surface area (Å²) in [5.41, 5.74) is 2.04. The standard InChI is InChI=1S/C17H23N3O2S/c1-4-9-20(10-5-2)15(21)12-23-17-19-18-16(22-17)14-8-6-7-13(3)11-14/h6-8,11H,4-5,9-10,12H2,1-3H3. The molecule has 0 saturated carbocycles. The molecule has 0 aliphatic heterocycles. The van der Waals surface area contributed by atoms with Gasteiger partial charge >= 0.3 is 0 Å². The van der Waals surface area contributed by atoms with Crippen molar-refractivity contribution in [2.75, 3.05) is 18.8 Å². The number of carbonyl (C=O) groups is 1. The lowest BCUT2D eigenvalue weighted by atomic mass is 10.1. The highest BCUT2D eigenvalue weighted by Crippen LogP contribution is 2.23. The number of amides is 1. The van der Waals surface area contributed by atoms with E-state index in [9.17, 15) is 4.79 Å². The Balaban J connectivity index is 1.95. The van der Waals surface area contributed by atoms with Crippen LogP contribution in [0, 0.1) is 6.92 Å². The molecule has 0 aliphatic rings. The zero-order valence-electron chi connectivity index (χ0n) is 13.9. The van der Waals surface area contributed by atoms with Crippen LogP contribution in [0.4, 0.5) is 0 Å². The summed E-state index contributed by atoms with van der Waals surface area (Å²) in [5.74, 6) is 0.937. The quantitative estimate of drug-likeness (QED) is 0.688. The zero-order chi connectivity index (χ0) is 16.7. The Morgan fingerprint density at radius 1 is 1.22 bits per heavy atom. The maximum atomic E-state index is 12.2. The van der Waals surface area contributed by atoms with Crippen molar-refractivity contribution in [1.82, 2.24) is 15.1 Å². The van der Waals surface area contributed by atoms with Gasteiger partial charge in [0.25, 0.3) is 5.22 Å². The van der Waals surface area contributed by atoms with Gasteiger partial charge in [-0.15, -0.1) is 10.2 Å². The van der Waals surface area contributed by atoms with Gasteiger partial charge in [0.2, 0.25) is 11.8 Å². The van der Waals surface area contributed by atoms with E-state index in [0.29, 0.717) is 16.9 Å². The summed E-state index contributed by atoms with van der Waals surface area (Å²) in [6.07, 6.45) is 1.93. The number of aromatic nitrogens is 2. The highest BCUT2D eigenvalue weighted by molar-refractivity contribution is 7.99. The fraction of sp³-hybridized carbons (Fsp3) is 0.471. The Labute approximate surface area is 141 Å². The number of nitrogens with zero attached hydrogens (tertiary/aromatic N) is 3. The number of benzene rings is 1. The number of hydrogen-bond acceptors (Lipinski definition) is 5. The van der Waals surface area contributed by atoms with E-state index in [1.54, 1.807) is 0 Å². The average molecular weight is 333 g/mol. The Morgan fingerprint density at radius 3 is 2.61 bits per heavy atom. The second kappa shape index (κ2) is 8.72. The fourth-order valence-corrected chi connectivity index (χ4v) is 2.94. The van der Waals surface area contributed by atoms with E-state index in [1.807, 2.05) is 36.1 Å². The summed E-state index contributed by atoms with van der Waals surface area (Å²) >= 11 is 1.30. The average Bonchev–Trinajstić information content (AvgIpc) is 3.01. The summed E-state index contributed by atoms with van der Waals surface area (Å²) in [6.45, 7) is 7.77. The van der Waals surface area contributed by atoms with E-state index in [1.165, 1.54) is 11.8 Å². The molecule has 1 heterocycles. The zero-order valence-corrected chi connectivity index (χ0v) is 14.7. The summed E-state index contributed by atoms with van der Waals surface area (Å²) < 4.78 is 5.64. The largest absolute Gasteiger partial charge is 0.411 e. The van der Waals surface area contributed by atoms with Gasteiger partial charge in [0.15, 0.2) is 0 Å².